The van der Waals surface area contributed by atoms with E-state index in [2.05, 4.69) is 20.7 Å². The topological polar surface area (TPSA) is 52.3 Å². The summed E-state index contributed by atoms with van der Waals surface area (Å²) in [5.74, 6) is -0.554. The Kier molecular flexibility index (Phi) is 4.39. The van der Waals surface area contributed by atoms with Crippen molar-refractivity contribution < 1.29 is 22.7 Å². The van der Waals surface area contributed by atoms with Gasteiger partial charge in [-0.1, -0.05) is 22.0 Å². The van der Waals surface area contributed by atoms with Crippen molar-refractivity contribution >= 4 is 27.4 Å². The van der Waals surface area contributed by atoms with Gasteiger partial charge in [-0.3, -0.25) is 4.79 Å². The fraction of sp³-hybridized carbons (Fsp3) is 0.300. The molecule has 0 radical (unpaired) electrons. The highest BCUT2D eigenvalue weighted by molar-refractivity contribution is 9.09. The SMILES string of the molecule is Nc1cc(CC(=O)CBr)ccc1OC(F)(F)F. The Balaban J connectivity index is 2.83. The molecule has 0 aliphatic rings. The average Bonchev–Trinajstić information content (AvgIpc) is 2.20. The Morgan fingerprint density at radius 3 is 2.53 bits per heavy atom. The van der Waals surface area contributed by atoms with Gasteiger partial charge in [0.25, 0.3) is 0 Å². The van der Waals surface area contributed by atoms with Gasteiger partial charge in [-0.2, -0.15) is 0 Å². The number of alkyl halides is 4. The summed E-state index contributed by atoms with van der Waals surface area (Å²) >= 11 is 2.99. The number of halogens is 4. The molecule has 2 N–H and O–H groups in total. The Bertz CT molecular complexity index is 421. The number of hydrogen-bond donors (Lipinski definition) is 1. The predicted octanol–water partition coefficient (Wildman–Crippen LogP) is 2.67. The zero-order chi connectivity index (χ0) is 13.1. The zero-order valence-electron chi connectivity index (χ0n) is 8.55. The second kappa shape index (κ2) is 5.39. The van der Waals surface area contributed by atoms with Gasteiger partial charge >= 0.3 is 6.36 Å². The molecule has 0 saturated heterocycles. The fourth-order valence-electron chi connectivity index (χ4n) is 1.20. The summed E-state index contributed by atoms with van der Waals surface area (Å²) in [4.78, 5) is 11.1. The van der Waals surface area contributed by atoms with Gasteiger partial charge in [0.05, 0.1) is 11.0 Å². The van der Waals surface area contributed by atoms with Crippen LogP contribution in [0.2, 0.25) is 0 Å². The van der Waals surface area contributed by atoms with E-state index in [0.29, 0.717) is 5.56 Å². The molecule has 7 heteroatoms. The zero-order valence-corrected chi connectivity index (χ0v) is 10.1. The third-order valence-corrected chi connectivity index (χ3v) is 2.48. The van der Waals surface area contributed by atoms with Crippen molar-refractivity contribution in [3.63, 3.8) is 0 Å². The third kappa shape index (κ3) is 4.64. The summed E-state index contributed by atoms with van der Waals surface area (Å²) in [6.07, 6.45) is -4.66. The summed E-state index contributed by atoms with van der Waals surface area (Å²) in [5, 5.41) is 0.188. The maximum absolute atomic E-state index is 11.9. The summed E-state index contributed by atoms with van der Waals surface area (Å²) in [7, 11) is 0. The van der Waals surface area contributed by atoms with Crippen LogP contribution in [-0.2, 0) is 11.2 Å². The standard InChI is InChI=1S/C10H9BrF3NO2/c11-5-7(16)3-6-1-2-9(8(15)4-6)17-10(12,13)14/h1-2,4H,3,5,15H2. The first kappa shape index (κ1) is 13.8. The van der Waals surface area contributed by atoms with Gasteiger partial charge in [-0.25, -0.2) is 0 Å². The van der Waals surface area contributed by atoms with Crippen LogP contribution in [0.3, 0.4) is 0 Å². The maximum atomic E-state index is 11.9. The molecular weight excluding hydrogens is 303 g/mol. The van der Waals surface area contributed by atoms with Crippen LogP contribution in [0.15, 0.2) is 18.2 Å². The minimum Gasteiger partial charge on any atom is -0.404 e. The number of nitrogens with two attached hydrogens (primary N) is 1. The van der Waals surface area contributed by atoms with E-state index in [0.717, 1.165) is 6.07 Å². The number of carbonyl (C=O) groups excluding carboxylic acids is 1. The number of ketones is 1. The second-order valence-electron chi connectivity index (χ2n) is 3.27. The Morgan fingerprint density at radius 1 is 1.41 bits per heavy atom. The number of Topliss-reactive ketones (excluding diaryl/α,β-unsaturated/α-hetero) is 1. The second-order valence-corrected chi connectivity index (χ2v) is 3.83. The molecule has 1 rings (SSSR count). The van der Waals surface area contributed by atoms with Crippen LogP contribution in [0, 0.1) is 0 Å². The van der Waals surface area contributed by atoms with Crippen molar-refractivity contribution in [2.75, 3.05) is 11.1 Å². The van der Waals surface area contributed by atoms with Crippen LogP contribution < -0.4 is 10.5 Å². The molecule has 1 aromatic carbocycles. The molecule has 3 nitrogen and oxygen atoms in total. The van der Waals surface area contributed by atoms with E-state index in [9.17, 15) is 18.0 Å². The molecule has 1 aromatic rings. The van der Waals surface area contributed by atoms with E-state index in [1.165, 1.54) is 12.1 Å². The van der Waals surface area contributed by atoms with Gasteiger partial charge in [-0.05, 0) is 17.7 Å². The molecule has 0 saturated carbocycles. The van der Waals surface area contributed by atoms with Gasteiger partial charge in [0.15, 0.2) is 5.75 Å². The van der Waals surface area contributed by atoms with Gasteiger partial charge in [0.1, 0.15) is 5.78 Å². The van der Waals surface area contributed by atoms with E-state index in [1.807, 2.05) is 0 Å². The lowest BCUT2D eigenvalue weighted by Gasteiger charge is -2.11. The molecular formula is C10H9BrF3NO2. The van der Waals surface area contributed by atoms with Crippen molar-refractivity contribution in [2.45, 2.75) is 12.8 Å². The van der Waals surface area contributed by atoms with Crippen LogP contribution >= 0.6 is 15.9 Å². The monoisotopic (exact) mass is 311 g/mol. The molecule has 0 aromatic heterocycles. The number of benzene rings is 1. The number of carbonyl (C=O) groups is 1. The van der Waals surface area contributed by atoms with Crippen molar-refractivity contribution in [3.05, 3.63) is 23.8 Å². The summed E-state index contributed by atoms with van der Waals surface area (Å²) in [6.45, 7) is 0. The molecule has 0 fully saturated rings. The fourth-order valence-corrected chi connectivity index (χ4v) is 1.40. The lowest BCUT2D eigenvalue weighted by molar-refractivity contribution is -0.274. The van der Waals surface area contributed by atoms with Gasteiger partial charge < -0.3 is 10.5 Å². The first-order chi connectivity index (χ1) is 7.81. The van der Waals surface area contributed by atoms with Crippen LogP contribution in [-0.4, -0.2) is 17.5 Å². The molecule has 94 valence electrons. The molecule has 0 spiro atoms. The first-order valence-electron chi connectivity index (χ1n) is 4.53. The van der Waals surface area contributed by atoms with E-state index >= 15 is 0 Å². The highest BCUT2D eigenvalue weighted by Crippen LogP contribution is 2.29. The summed E-state index contributed by atoms with van der Waals surface area (Å²) < 4.78 is 39.5. The quantitative estimate of drug-likeness (QED) is 0.687. The molecule has 17 heavy (non-hydrogen) atoms. The molecule has 0 aliphatic carbocycles. The number of nitrogen functional groups attached to an aromatic ring is 1. The van der Waals surface area contributed by atoms with E-state index in [-0.39, 0.29) is 23.2 Å². The largest absolute Gasteiger partial charge is 0.573 e. The Morgan fingerprint density at radius 2 is 2.06 bits per heavy atom. The van der Waals surface area contributed by atoms with Crippen LogP contribution in [0.5, 0.6) is 5.75 Å². The molecule has 0 amide bonds. The summed E-state index contributed by atoms with van der Waals surface area (Å²) in [5.41, 5.74) is 5.79. The predicted molar refractivity (Wildman–Crippen MR) is 60.0 cm³/mol. The molecule has 0 heterocycles. The third-order valence-electron chi connectivity index (χ3n) is 1.85. The van der Waals surface area contributed by atoms with Gasteiger partial charge in [0, 0.05) is 6.42 Å². The Hall–Kier alpha value is -1.24. The van der Waals surface area contributed by atoms with Crippen molar-refractivity contribution in [1.82, 2.24) is 0 Å². The number of anilines is 1. The molecule has 0 aliphatic heterocycles. The highest BCUT2D eigenvalue weighted by atomic mass is 79.9. The lowest BCUT2D eigenvalue weighted by atomic mass is 10.1. The molecule has 0 atom stereocenters. The first-order valence-corrected chi connectivity index (χ1v) is 5.66. The van der Waals surface area contributed by atoms with Crippen LogP contribution in [0.25, 0.3) is 0 Å². The van der Waals surface area contributed by atoms with Crippen LogP contribution in [0.1, 0.15) is 5.56 Å². The normalized spacial score (nSPS) is 11.3. The summed E-state index contributed by atoms with van der Waals surface area (Å²) in [6, 6.07) is 3.76. The number of rotatable bonds is 4. The smallest absolute Gasteiger partial charge is 0.404 e. The molecule has 0 unspecified atom stereocenters. The van der Waals surface area contributed by atoms with E-state index in [1.54, 1.807) is 0 Å². The number of hydrogen-bond acceptors (Lipinski definition) is 3. The van der Waals surface area contributed by atoms with Crippen molar-refractivity contribution in [1.29, 1.82) is 0 Å². The minimum atomic E-state index is -4.78. The number of ether oxygens (including phenoxy) is 1. The van der Waals surface area contributed by atoms with Gasteiger partial charge in [-0.15, -0.1) is 13.2 Å². The molecule has 0 bridgehead atoms. The Labute approximate surface area is 104 Å². The maximum Gasteiger partial charge on any atom is 0.573 e. The van der Waals surface area contributed by atoms with E-state index < -0.39 is 12.1 Å². The lowest BCUT2D eigenvalue weighted by Crippen LogP contribution is -2.18. The highest BCUT2D eigenvalue weighted by Gasteiger charge is 2.31. The van der Waals surface area contributed by atoms with E-state index in [4.69, 9.17) is 5.73 Å². The van der Waals surface area contributed by atoms with Gasteiger partial charge in [0.2, 0.25) is 0 Å². The van der Waals surface area contributed by atoms with Crippen molar-refractivity contribution in [2.24, 2.45) is 0 Å². The van der Waals surface area contributed by atoms with Crippen molar-refractivity contribution in [3.8, 4) is 5.75 Å². The minimum absolute atomic E-state index is 0.0890. The average molecular weight is 312 g/mol. The van der Waals surface area contributed by atoms with Crippen LogP contribution in [0.4, 0.5) is 18.9 Å².